The van der Waals surface area contributed by atoms with E-state index in [0.717, 1.165) is 10.1 Å². The van der Waals surface area contributed by atoms with Gasteiger partial charge in [0.05, 0.1) is 17.1 Å². The van der Waals surface area contributed by atoms with E-state index in [9.17, 15) is 19.5 Å². The number of hydrogen-bond donors (Lipinski definition) is 3. The number of aliphatic hydroxyl groups excluding tert-OH is 1. The van der Waals surface area contributed by atoms with Gasteiger partial charge in [-0.05, 0) is 48.4 Å². The predicted octanol–water partition coefficient (Wildman–Crippen LogP) is 0.990. The average molecular weight is 427 g/mol. The van der Waals surface area contributed by atoms with Crippen LogP contribution in [-0.4, -0.2) is 38.4 Å². The van der Waals surface area contributed by atoms with E-state index in [1.807, 2.05) is 0 Å². The van der Waals surface area contributed by atoms with Crippen LogP contribution in [0.2, 0.25) is 0 Å². The molecule has 0 spiro atoms. The summed E-state index contributed by atoms with van der Waals surface area (Å²) < 4.78 is 12.8. The second kappa shape index (κ2) is 8.25. The van der Waals surface area contributed by atoms with Crippen LogP contribution in [0.4, 0.5) is 0 Å². The zero-order valence-corrected chi connectivity index (χ0v) is 16.7. The summed E-state index contributed by atoms with van der Waals surface area (Å²) >= 11 is 0. The van der Waals surface area contributed by atoms with Gasteiger partial charge in [-0.15, -0.1) is 0 Å². The number of fused-ring (bicyclic) bond motifs is 2. The van der Waals surface area contributed by atoms with Crippen molar-refractivity contribution in [3.05, 3.63) is 68.6 Å². The van der Waals surface area contributed by atoms with Crippen molar-refractivity contribution in [2.45, 2.75) is 19.1 Å². The Balaban J connectivity index is 1.36. The van der Waals surface area contributed by atoms with E-state index in [4.69, 9.17) is 13.9 Å². The Kier molecular flexibility index (Phi) is 5.49. The van der Waals surface area contributed by atoms with Crippen molar-refractivity contribution in [3.8, 4) is 0 Å². The lowest BCUT2D eigenvalue weighted by Gasteiger charge is -2.12. The summed E-state index contributed by atoms with van der Waals surface area (Å²) in [4.78, 5) is 34.3. The van der Waals surface area contributed by atoms with Crippen LogP contribution in [0.15, 0.2) is 54.8 Å². The first-order chi connectivity index (χ1) is 14.8. The van der Waals surface area contributed by atoms with Gasteiger partial charge in [0.2, 0.25) is 0 Å². The van der Waals surface area contributed by atoms with Crippen molar-refractivity contribution in [2.24, 2.45) is 7.05 Å². The fourth-order valence-corrected chi connectivity index (χ4v) is 3.50. The molecule has 0 aliphatic carbocycles. The third-order valence-electron chi connectivity index (χ3n) is 5.16. The van der Waals surface area contributed by atoms with Crippen molar-refractivity contribution in [3.63, 3.8) is 0 Å². The lowest BCUT2D eigenvalue weighted by atomic mass is 10.1. The number of rotatable bonds is 8. The molecule has 4 aromatic rings. The van der Waals surface area contributed by atoms with E-state index >= 15 is 0 Å². The summed E-state index contributed by atoms with van der Waals surface area (Å²) in [5.41, 5.74) is 3.39. The summed E-state index contributed by atoms with van der Waals surface area (Å²) in [6.07, 6.45) is -0.163. The molecule has 0 saturated heterocycles. The zero-order valence-electron chi connectivity index (χ0n) is 16.7. The van der Waals surface area contributed by atoms with Crippen LogP contribution < -0.4 is 16.8 Å². The fourth-order valence-electron chi connectivity index (χ4n) is 3.50. The number of carbonyl (C=O) groups is 1. The zero-order chi connectivity index (χ0) is 22.1. The molecule has 0 radical (unpaired) electrons. The molecule has 0 aliphatic rings. The molecule has 0 saturated carbocycles. The highest BCUT2D eigenvalue weighted by molar-refractivity contribution is 5.76. The molecule has 2 aromatic carbocycles. The van der Waals surface area contributed by atoms with E-state index in [2.05, 4.69) is 5.32 Å². The first kappa shape index (κ1) is 20.6. The monoisotopic (exact) mass is 427 g/mol. The van der Waals surface area contributed by atoms with Crippen LogP contribution in [0.3, 0.4) is 0 Å². The number of aryl methyl sites for hydroxylation is 1. The topological polar surface area (TPSA) is 140 Å². The molecule has 4 rings (SSSR count). The highest BCUT2D eigenvalue weighted by Gasteiger charge is 2.14. The minimum Gasteiger partial charge on any atom is -0.480 e. The molecule has 2 aromatic heterocycles. The Hall–Kier alpha value is -3.63. The smallest absolute Gasteiger partial charge is 0.420 e. The number of aliphatic carboxylic acids is 1. The van der Waals surface area contributed by atoms with Gasteiger partial charge in [0.25, 0.3) is 0 Å². The summed E-state index contributed by atoms with van der Waals surface area (Å²) in [5.74, 6) is -2.28. The van der Waals surface area contributed by atoms with E-state index in [1.54, 1.807) is 43.4 Å². The van der Waals surface area contributed by atoms with Gasteiger partial charge in [-0.3, -0.25) is 13.9 Å². The Morgan fingerprint density at radius 1 is 1.06 bits per heavy atom. The van der Waals surface area contributed by atoms with Crippen molar-refractivity contribution in [2.75, 3.05) is 13.1 Å². The molecule has 0 aliphatic heterocycles. The molecule has 31 heavy (non-hydrogen) atoms. The van der Waals surface area contributed by atoms with Gasteiger partial charge >= 0.3 is 17.5 Å². The molecule has 0 fully saturated rings. The average Bonchev–Trinajstić information content (AvgIpc) is 3.19. The highest BCUT2D eigenvalue weighted by atomic mass is 16.4. The SMILES string of the molecule is Cn1c(=O)oc2cc(C(O)CNCCc3ccc4c(c3)oc(=O)n4CC(=O)O)ccc21. The van der Waals surface area contributed by atoms with Gasteiger partial charge in [-0.1, -0.05) is 12.1 Å². The Bertz CT molecular complexity index is 1380. The number of nitrogens with one attached hydrogen (secondary N) is 1. The normalized spacial score (nSPS) is 12.6. The van der Waals surface area contributed by atoms with Crippen LogP contribution >= 0.6 is 0 Å². The van der Waals surface area contributed by atoms with Crippen LogP contribution in [-0.2, 0) is 24.8 Å². The summed E-state index contributed by atoms with van der Waals surface area (Å²) in [6.45, 7) is 0.406. The Morgan fingerprint density at radius 3 is 2.55 bits per heavy atom. The minimum absolute atomic E-state index is 0.300. The predicted molar refractivity (Wildman–Crippen MR) is 111 cm³/mol. The first-order valence-electron chi connectivity index (χ1n) is 9.66. The fraction of sp³-hybridized carbons (Fsp3) is 0.286. The number of nitrogens with zero attached hydrogens (tertiary/aromatic N) is 2. The molecule has 10 heteroatoms. The molecular formula is C21H21N3O7. The van der Waals surface area contributed by atoms with Gasteiger partial charge in [0.15, 0.2) is 11.2 Å². The molecule has 3 N–H and O–H groups in total. The third-order valence-corrected chi connectivity index (χ3v) is 5.16. The molecule has 2 heterocycles. The van der Waals surface area contributed by atoms with Gasteiger partial charge in [-0.25, -0.2) is 9.59 Å². The van der Waals surface area contributed by atoms with Gasteiger partial charge in [0, 0.05) is 13.6 Å². The number of benzene rings is 2. The van der Waals surface area contributed by atoms with E-state index in [1.165, 1.54) is 4.57 Å². The molecule has 1 unspecified atom stereocenters. The second-order valence-corrected chi connectivity index (χ2v) is 7.27. The maximum atomic E-state index is 11.8. The summed E-state index contributed by atoms with van der Waals surface area (Å²) in [7, 11) is 1.62. The highest BCUT2D eigenvalue weighted by Crippen LogP contribution is 2.19. The van der Waals surface area contributed by atoms with Crippen molar-refractivity contribution in [1.82, 2.24) is 14.5 Å². The number of carboxylic acid groups (broad SMARTS) is 1. The molecule has 0 amide bonds. The second-order valence-electron chi connectivity index (χ2n) is 7.27. The van der Waals surface area contributed by atoms with Crippen LogP contribution in [0, 0.1) is 0 Å². The van der Waals surface area contributed by atoms with Gasteiger partial charge < -0.3 is 24.4 Å². The number of oxazole rings is 2. The third kappa shape index (κ3) is 4.16. The molecule has 10 nitrogen and oxygen atoms in total. The van der Waals surface area contributed by atoms with Crippen molar-refractivity contribution in [1.29, 1.82) is 0 Å². The first-order valence-corrected chi connectivity index (χ1v) is 9.66. The number of aromatic nitrogens is 2. The number of aliphatic hydroxyl groups is 1. The van der Waals surface area contributed by atoms with Crippen molar-refractivity contribution < 1.29 is 23.8 Å². The van der Waals surface area contributed by atoms with Crippen LogP contribution in [0.1, 0.15) is 17.2 Å². The van der Waals surface area contributed by atoms with Crippen LogP contribution in [0.25, 0.3) is 22.2 Å². The number of carboxylic acids is 1. The minimum atomic E-state index is -1.12. The van der Waals surface area contributed by atoms with Crippen LogP contribution in [0.5, 0.6) is 0 Å². The molecule has 0 bridgehead atoms. The Morgan fingerprint density at radius 2 is 1.77 bits per heavy atom. The summed E-state index contributed by atoms with van der Waals surface area (Å²) in [5, 5.41) is 22.5. The molecule has 1 atom stereocenters. The quantitative estimate of drug-likeness (QED) is 0.354. The number of hydrogen-bond acceptors (Lipinski definition) is 7. The lowest BCUT2D eigenvalue weighted by molar-refractivity contribution is -0.137. The van der Waals surface area contributed by atoms with E-state index < -0.39 is 30.1 Å². The van der Waals surface area contributed by atoms with Gasteiger partial charge in [0.1, 0.15) is 6.54 Å². The maximum absolute atomic E-state index is 11.8. The maximum Gasteiger partial charge on any atom is 0.420 e. The van der Waals surface area contributed by atoms with E-state index in [-0.39, 0.29) is 0 Å². The lowest BCUT2D eigenvalue weighted by Crippen LogP contribution is -2.23. The summed E-state index contributed by atoms with van der Waals surface area (Å²) in [6, 6.07) is 10.3. The molecular weight excluding hydrogens is 406 g/mol. The van der Waals surface area contributed by atoms with E-state index in [0.29, 0.717) is 47.3 Å². The van der Waals surface area contributed by atoms with Gasteiger partial charge in [-0.2, -0.15) is 0 Å². The largest absolute Gasteiger partial charge is 0.480 e. The molecule has 162 valence electrons. The standard InChI is InChI=1S/C21H21N3O7/c1-23-14-5-3-13(9-18(14)30-20(23)28)16(25)10-22-7-6-12-2-4-15-17(8-12)31-21(29)24(15)11-19(26)27/h2-5,8-9,16,22,25H,6-7,10-11H2,1H3,(H,26,27). The van der Waals surface area contributed by atoms with Crippen molar-refractivity contribution >= 4 is 28.2 Å². The Labute approximate surface area is 174 Å².